The molecule has 1 aromatic heterocycles. The number of hydrogen-bond acceptors (Lipinski definition) is 4. The number of nitrogens with zero attached hydrogens (tertiary/aromatic N) is 2. The summed E-state index contributed by atoms with van der Waals surface area (Å²) in [7, 11) is 0. The van der Waals surface area contributed by atoms with Gasteiger partial charge in [0, 0.05) is 6.20 Å². The molecule has 7 heteroatoms. The third kappa shape index (κ3) is 3.24. The molecule has 0 fully saturated rings. The molecule has 0 N–H and O–H groups in total. The van der Waals surface area contributed by atoms with Crippen molar-refractivity contribution in [2.45, 2.75) is 6.18 Å². The van der Waals surface area contributed by atoms with E-state index in [1.807, 2.05) is 0 Å². The first-order valence-electron chi connectivity index (χ1n) is 4.03. The molecule has 84 valence electrons. The normalized spacial score (nSPS) is 10.6. The lowest BCUT2D eigenvalue weighted by molar-refractivity contribution is -0.161. The van der Waals surface area contributed by atoms with Gasteiger partial charge in [0.15, 0.2) is 12.3 Å². The van der Waals surface area contributed by atoms with E-state index in [-0.39, 0.29) is 11.3 Å². The second-order valence-electron chi connectivity index (χ2n) is 2.70. The summed E-state index contributed by atoms with van der Waals surface area (Å²) in [6.45, 7) is -1.69. The predicted molar refractivity (Wildman–Crippen MR) is 45.3 cm³/mol. The minimum absolute atomic E-state index is 0.269. The molecular weight excluding hydrogens is 225 g/mol. The highest BCUT2D eigenvalue weighted by Gasteiger charge is 2.30. The Bertz CT molecular complexity index is 437. The first kappa shape index (κ1) is 12.0. The second-order valence-corrected chi connectivity index (χ2v) is 2.70. The Morgan fingerprint density at radius 1 is 1.56 bits per heavy atom. The van der Waals surface area contributed by atoms with Crippen LogP contribution in [0, 0.1) is 11.3 Å². The van der Waals surface area contributed by atoms with Crippen molar-refractivity contribution in [1.29, 1.82) is 5.26 Å². The second kappa shape index (κ2) is 4.61. The minimum Gasteiger partial charge on any atom is -0.452 e. The summed E-state index contributed by atoms with van der Waals surface area (Å²) in [6.07, 6.45) is -3.34. The molecule has 0 saturated heterocycles. The smallest absolute Gasteiger partial charge is 0.422 e. The van der Waals surface area contributed by atoms with Crippen molar-refractivity contribution in [3.63, 3.8) is 0 Å². The summed E-state index contributed by atoms with van der Waals surface area (Å²) in [5, 5.41) is 8.55. The number of nitriles is 1. The Balaban J connectivity index is 2.78. The van der Waals surface area contributed by atoms with E-state index >= 15 is 0 Å². The molecule has 0 aromatic carbocycles. The Labute approximate surface area is 88.3 Å². The van der Waals surface area contributed by atoms with E-state index in [9.17, 15) is 18.0 Å². The van der Waals surface area contributed by atoms with Crippen LogP contribution in [-0.2, 0) is 4.74 Å². The number of aromatic nitrogens is 1. The van der Waals surface area contributed by atoms with Crippen molar-refractivity contribution in [1.82, 2.24) is 4.98 Å². The van der Waals surface area contributed by atoms with E-state index in [1.54, 1.807) is 6.07 Å². The zero-order valence-electron chi connectivity index (χ0n) is 7.78. The third-order valence-corrected chi connectivity index (χ3v) is 1.50. The van der Waals surface area contributed by atoms with Gasteiger partial charge in [0.1, 0.15) is 6.07 Å². The molecule has 1 aromatic rings. The number of pyridine rings is 1. The monoisotopic (exact) mass is 230 g/mol. The van der Waals surface area contributed by atoms with Crippen molar-refractivity contribution >= 4 is 5.97 Å². The van der Waals surface area contributed by atoms with Gasteiger partial charge in [-0.2, -0.15) is 18.4 Å². The lowest BCUT2D eigenvalue weighted by atomic mass is 10.2. The molecule has 0 spiro atoms. The van der Waals surface area contributed by atoms with Gasteiger partial charge in [-0.15, -0.1) is 0 Å². The quantitative estimate of drug-likeness (QED) is 0.725. The zero-order valence-corrected chi connectivity index (χ0v) is 7.78. The van der Waals surface area contributed by atoms with Crippen molar-refractivity contribution in [2.24, 2.45) is 0 Å². The lowest BCUT2D eigenvalue weighted by Gasteiger charge is -2.07. The number of hydrogen-bond donors (Lipinski definition) is 0. The molecule has 1 heterocycles. The van der Waals surface area contributed by atoms with Gasteiger partial charge in [-0.25, -0.2) is 9.78 Å². The molecule has 0 bridgehead atoms. The van der Waals surface area contributed by atoms with Crippen molar-refractivity contribution in [2.75, 3.05) is 6.61 Å². The van der Waals surface area contributed by atoms with Gasteiger partial charge >= 0.3 is 12.1 Å². The van der Waals surface area contributed by atoms with Crippen LogP contribution in [0.5, 0.6) is 0 Å². The van der Waals surface area contributed by atoms with Gasteiger partial charge < -0.3 is 4.74 Å². The van der Waals surface area contributed by atoms with Crippen molar-refractivity contribution in [3.05, 3.63) is 29.6 Å². The van der Waals surface area contributed by atoms with E-state index in [0.29, 0.717) is 0 Å². The van der Waals surface area contributed by atoms with E-state index in [0.717, 1.165) is 0 Å². The number of alkyl halides is 3. The average molecular weight is 230 g/mol. The third-order valence-electron chi connectivity index (χ3n) is 1.50. The van der Waals surface area contributed by atoms with E-state index < -0.39 is 18.8 Å². The Morgan fingerprint density at radius 3 is 2.81 bits per heavy atom. The molecule has 1 rings (SSSR count). The number of halogens is 3. The maximum atomic E-state index is 11.8. The topological polar surface area (TPSA) is 63.0 Å². The number of carbonyl (C=O) groups excluding carboxylic acids is 1. The molecule has 0 aliphatic heterocycles. The molecule has 0 radical (unpaired) electrons. The highest BCUT2D eigenvalue weighted by molar-refractivity contribution is 5.91. The van der Waals surface area contributed by atoms with Crippen LogP contribution in [0.2, 0.25) is 0 Å². The van der Waals surface area contributed by atoms with Crippen LogP contribution >= 0.6 is 0 Å². The summed E-state index contributed by atoms with van der Waals surface area (Å²) in [5.41, 5.74) is -0.552. The van der Waals surface area contributed by atoms with Crippen molar-refractivity contribution < 1.29 is 22.7 Å². The van der Waals surface area contributed by atoms with E-state index in [2.05, 4.69) is 9.72 Å². The van der Waals surface area contributed by atoms with E-state index in [1.165, 1.54) is 18.3 Å². The Kier molecular flexibility index (Phi) is 3.45. The SMILES string of the molecule is N#Cc1ncccc1C(=O)OCC(F)(F)F. The standard InChI is InChI=1S/C9H5F3N2O2/c10-9(11,12)5-16-8(15)6-2-1-3-14-7(6)4-13/h1-3H,5H2. The molecule has 16 heavy (non-hydrogen) atoms. The van der Waals surface area contributed by atoms with Gasteiger partial charge in [-0.3, -0.25) is 0 Å². The highest BCUT2D eigenvalue weighted by Crippen LogP contribution is 2.16. The van der Waals surface area contributed by atoms with Crippen LogP contribution in [0.3, 0.4) is 0 Å². The van der Waals surface area contributed by atoms with Gasteiger partial charge in [0.2, 0.25) is 0 Å². The van der Waals surface area contributed by atoms with E-state index in [4.69, 9.17) is 5.26 Å². The van der Waals surface area contributed by atoms with Crippen LogP contribution in [0.15, 0.2) is 18.3 Å². The van der Waals surface area contributed by atoms with Crippen LogP contribution < -0.4 is 0 Å². The summed E-state index contributed by atoms with van der Waals surface area (Å²) in [6, 6.07) is 4.08. The first-order chi connectivity index (χ1) is 7.44. The summed E-state index contributed by atoms with van der Waals surface area (Å²) in [5.74, 6) is -1.22. The van der Waals surface area contributed by atoms with Crippen molar-refractivity contribution in [3.8, 4) is 6.07 Å². The van der Waals surface area contributed by atoms with Gasteiger partial charge in [0.05, 0.1) is 5.56 Å². The molecule has 0 unspecified atom stereocenters. The maximum absolute atomic E-state index is 11.8. The minimum atomic E-state index is -4.59. The van der Waals surface area contributed by atoms with Crippen LogP contribution in [0.4, 0.5) is 13.2 Å². The summed E-state index contributed by atoms with van der Waals surface area (Å²) in [4.78, 5) is 14.7. The molecule has 0 aliphatic carbocycles. The van der Waals surface area contributed by atoms with Gasteiger partial charge in [-0.1, -0.05) is 0 Å². The molecular formula is C9H5F3N2O2. The predicted octanol–water partition coefficient (Wildman–Crippen LogP) is 1.67. The molecule has 0 amide bonds. The summed E-state index contributed by atoms with van der Waals surface area (Å²) >= 11 is 0. The highest BCUT2D eigenvalue weighted by atomic mass is 19.4. The van der Waals surface area contributed by atoms with Crippen LogP contribution in [0.25, 0.3) is 0 Å². The largest absolute Gasteiger partial charge is 0.452 e. The van der Waals surface area contributed by atoms with Crippen LogP contribution in [-0.4, -0.2) is 23.7 Å². The number of ether oxygens (including phenoxy) is 1. The fraction of sp³-hybridized carbons (Fsp3) is 0.222. The number of esters is 1. The average Bonchev–Trinajstić information content (AvgIpc) is 2.25. The van der Waals surface area contributed by atoms with Gasteiger partial charge in [0.25, 0.3) is 0 Å². The molecule has 0 atom stereocenters. The number of rotatable bonds is 2. The number of carbonyl (C=O) groups is 1. The lowest BCUT2D eigenvalue weighted by Crippen LogP contribution is -2.21. The molecule has 4 nitrogen and oxygen atoms in total. The Morgan fingerprint density at radius 2 is 2.25 bits per heavy atom. The first-order valence-corrected chi connectivity index (χ1v) is 4.03. The van der Waals surface area contributed by atoms with Gasteiger partial charge in [-0.05, 0) is 12.1 Å². The summed E-state index contributed by atoms with van der Waals surface area (Å²) < 4.78 is 39.2. The zero-order chi connectivity index (χ0) is 12.2. The fourth-order valence-electron chi connectivity index (χ4n) is 0.884. The van der Waals surface area contributed by atoms with Crippen LogP contribution in [0.1, 0.15) is 16.1 Å². The molecule has 0 saturated carbocycles. The Hall–Kier alpha value is -2.10. The fourth-order valence-corrected chi connectivity index (χ4v) is 0.884. The molecule has 0 aliphatic rings. The maximum Gasteiger partial charge on any atom is 0.422 e.